The zero-order valence-electron chi connectivity index (χ0n) is 19.2. The summed E-state index contributed by atoms with van der Waals surface area (Å²) in [6.07, 6.45) is -3.35. The van der Waals surface area contributed by atoms with Gasteiger partial charge in [0, 0.05) is 31.4 Å². The minimum atomic E-state index is -4.41. The van der Waals surface area contributed by atoms with Crippen LogP contribution in [-0.4, -0.2) is 44.7 Å². The summed E-state index contributed by atoms with van der Waals surface area (Å²) in [5.74, 6) is 0.203. The topological polar surface area (TPSA) is 44.8 Å². The fourth-order valence-electron chi connectivity index (χ4n) is 4.86. The molecule has 2 aliphatic rings. The highest BCUT2D eigenvalue weighted by Gasteiger charge is 2.43. The van der Waals surface area contributed by atoms with Crippen LogP contribution in [0.3, 0.4) is 0 Å². The lowest BCUT2D eigenvalue weighted by Crippen LogP contribution is -2.61. The molecule has 2 aromatic rings. The summed E-state index contributed by atoms with van der Waals surface area (Å²) in [6.45, 7) is 5.80. The summed E-state index contributed by atoms with van der Waals surface area (Å²) >= 11 is 0. The minimum absolute atomic E-state index is 0.00256. The van der Waals surface area contributed by atoms with Gasteiger partial charge < -0.3 is 19.9 Å². The molecular weight excluding hydrogens is 431 g/mol. The first-order valence-corrected chi connectivity index (χ1v) is 11.4. The van der Waals surface area contributed by atoms with Crippen molar-refractivity contribution in [2.45, 2.75) is 44.9 Å². The third-order valence-corrected chi connectivity index (χ3v) is 6.80. The molecule has 1 fully saturated rings. The summed E-state index contributed by atoms with van der Waals surface area (Å²) in [7, 11) is 1.63. The lowest BCUT2D eigenvalue weighted by molar-refractivity contribution is -0.137. The molecule has 3 atom stereocenters. The summed E-state index contributed by atoms with van der Waals surface area (Å²) < 4.78 is 45.6. The molecule has 2 aromatic carbocycles. The van der Waals surface area contributed by atoms with Crippen molar-refractivity contribution in [3.63, 3.8) is 0 Å². The van der Waals surface area contributed by atoms with Crippen molar-refractivity contribution >= 4 is 17.3 Å². The van der Waals surface area contributed by atoms with Gasteiger partial charge in [0.15, 0.2) is 0 Å². The van der Waals surface area contributed by atoms with Gasteiger partial charge in [-0.05, 0) is 55.7 Å². The van der Waals surface area contributed by atoms with Crippen molar-refractivity contribution in [3.8, 4) is 5.75 Å². The van der Waals surface area contributed by atoms with Gasteiger partial charge in [0.1, 0.15) is 5.75 Å². The number of methoxy groups -OCH3 is 1. The number of carbonyl (C=O) groups excluding carboxylic acids is 1. The van der Waals surface area contributed by atoms with E-state index in [1.165, 1.54) is 6.07 Å². The van der Waals surface area contributed by atoms with Gasteiger partial charge in [-0.25, -0.2) is 0 Å². The Bertz CT molecular complexity index is 1010. The number of nitrogens with zero attached hydrogens (tertiary/aromatic N) is 2. The van der Waals surface area contributed by atoms with Crippen molar-refractivity contribution in [2.24, 2.45) is 5.92 Å². The van der Waals surface area contributed by atoms with Crippen LogP contribution in [0.15, 0.2) is 42.5 Å². The van der Waals surface area contributed by atoms with Gasteiger partial charge in [0.05, 0.1) is 30.3 Å². The SMILES string of the molecule is CCC(C)NC(=O)C1Cc2cc(C(F)(F)F)ccc2N2CCN(c3ccccc3OC)CC12. The number of benzene rings is 2. The number of rotatable bonds is 5. The van der Waals surface area contributed by atoms with E-state index in [2.05, 4.69) is 15.1 Å². The molecule has 1 saturated heterocycles. The van der Waals surface area contributed by atoms with Gasteiger partial charge in [0.2, 0.25) is 5.91 Å². The van der Waals surface area contributed by atoms with Gasteiger partial charge in [-0.3, -0.25) is 4.79 Å². The van der Waals surface area contributed by atoms with Crippen LogP contribution in [0, 0.1) is 5.92 Å². The Morgan fingerprint density at radius 1 is 1.18 bits per heavy atom. The summed E-state index contributed by atoms with van der Waals surface area (Å²) in [5.41, 5.74) is 1.66. The van der Waals surface area contributed by atoms with E-state index >= 15 is 0 Å². The smallest absolute Gasteiger partial charge is 0.416 e. The molecule has 33 heavy (non-hydrogen) atoms. The summed E-state index contributed by atoms with van der Waals surface area (Å²) in [6, 6.07) is 11.5. The van der Waals surface area contributed by atoms with E-state index in [9.17, 15) is 18.0 Å². The zero-order chi connectivity index (χ0) is 23.8. The number of hydrogen-bond acceptors (Lipinski definition) is 4. The first-order chi connectivity index (χ1) is 15.7. The molecule has 0 saturated carbocycles. The molecule has 2 heterocycles. The average Bonchev–Trinajstić information content (AvgIpc) is 2.81. The fraction of sp³-hybridized carbons (Fsp3) is 0.480. The third-order valence-electron chi connectivity index (χ3n) is 6.80. The Hall–Kier alpha value is -2.90. The van der Waals surface area contributed by atoms with E-state index < -0.39 is 17.7 Å². The number of ether oxygens (including phenoxy) is 1. The van der Waals surface area contributed by atoms with E-state index in [-0.39, 0.29) is 24.4 Å². The number of fused-ring (bicyclic) bond motifs is 3. The van der Waals surface area contributed by atoms with E-state index in [1.54, 1.807) is 13.2 Å². The maximum atomic E-state index is 13.4. The molecule has 4 rings (SSSR count). The Morgan fingerprint density at radius 3 is 2.64 bits per heavy atom. The Balaban J connectivity index is 1.69. The van der Waals surface area contributed by atoms with Crippen LogP contribution in [0.25, 0.3) is 0 Å². The molecule has 1 N–H and O–H groups in total. The number of halogens is 3. The number of anilines is 2. The largest absolute Gasteiger partial charge is 0.495 e. The number of alkyl halides is 3. The lowest BCUT2D eigenvalue weighted by atomic mass is 9.82. The molecule has 0 aromatic heterocycles. The maximum Gasteiger partial charge on any atom is 0.416 e. The molecule has 1 amide bonds. The second kappa shape index (κ2) is 9.15. The van der Waals surface area contributed by atoms with Crippen molar-refractivity contribution in [1.82, 2.24) is 5.32 Å². The van der Waals surface area contributed by atoms with E-state index in [0.29, 0.717) is 25.2 Å². The van der Waals surface area contributed by atoms with Crippen LogP contribution in [0.4, 0.5) is 24.5 Å². The van der Waals surface area contributed by atoms with Crippen LogP contribution < -0.4 is 19.9 Å². The summed E-state index contributed by atoms with van der Waals surface area (Å²) in [4.78, 5) is 17.6. The predicted molar refractivity (Wildman–Crippen MR) is 123 cm³/mol. The number of carbonyl (C=O) groups is 1. The zero-order valence-corrected chi connectivity index (χ0v) is 19.2. The molecule has 3 unspecified atom stereocenters. The Kier molecular flexibility index (Phi) is 6.45. The number of piperazine rings is 1. The number of amides is 1. The molecule has 2 aliphatic heterocycles. The molecular formula is C25H30F3N3O2. The van der Waals surface area contributed by atoms with Gasteiger partial charge in [-0.15, -0.1) is 0 Å². The van der Waals surface area contributed by atoms with Crippen molar-refractivity contribution < 1.29 is 22.7 Å². The number of hydrogen-bond donors (Lipinski definition) is 1. The molecule has 0 aliphatic carbocycles. The number of para-hydroxylation sites is 2. The first-order valence-electron chi connectivity index (χ1n) is 11.4. The molecule has 5 nitrogen and oxygen atoms in total. The number of nitrogens with one attached hydrogen (secondary N) is 1. The standard InChI is InChI=1S/C25H30F3N3O2/c1-4-16(2)29-24(32)19-14-17-13-18(25(26,27)28)9-10-20(17)31-12-11-30(15-22(19)31)21-7-5-6-8-23(21)33-3/h5-10,13,16,19,22H,4,11-12,14-15H2,1-3H3,(H,29,32). The second-order valence-corrected chi connectivity index (χ2v) is 8.85. The van der Waals surface area contributed by atoms with Crippen LogP contribution >= 0.6 is 0 Å². The summed E-state index contributed by atoms with van der Waals surface area (Å²) in [5, 5.41) is 3.05. The van der Waals surface area contributed by atoms with Gasteiger partial charge >= 0.3 is 6.18 Å². The molecule has 0 spiro atoms. The highest BCUT2D eigenvalue weighted by molar-refractivity contribution is 5.82. The molecule has 0 radical (unpaired) electrons. The predicted octanol–water partition coefficient (Wildman–Crippen LogP) is 4.50. The monoisotopic (exact) mass is 461 g/mol. The van der Waals surface area contributed by atoms with Crippen LogP contribution in [-0.2, 0) is 17.4 Å². The maximum absolute atomic E-state index is 13.4. The van der Waals surface area contributed by atoms with Crippen LogP contribution in [0.5, 0.6) is 5.75 Å². The lowest BCUT2D eigenvalue weighted by Gasteiger charge is -2.50. The minimum Gasteiger partial charge on any atom is -0.495 e. The molecule has 8 heteroatoms. The Labute approximate surface area is 192 Å². The van der Waals surface area contributed by atoms with Crippen LogP contribution in [0.2, 0.25) is 0 Å². The highest BCUT2D eigenvalue weighted by Crippen LogP contribution is 2.41. The van der Waals surface area contributed by atoms with Gasteiger partial charge in [-0.2, -0.15) is 13.2 Å². The Morgan fingerprint density at radius 2 is 1.94 bits per heavy atom. The van der Waals surface area contributed by atoms with E-state index in [1.807, 2.05) is 38.1 Å². The van der Waals surface area contributed by atoms with Crippen molar-refractivity contribution in [1.29, 1.82) is 0 Å². The quantitative estimate of drug-likeness (QED) is 0.713. The van der Waals surface area contributed by atoms with Gasteiger partial charge in [0.25, 0.3) is 0 Å². The van der Waals surface area contributed by atoms with E-state index in [4.69, 9.17) is 4.74 Å². The second-order valence-electron chi connectivity index (χ2n) is 8.85. The average molecular weight is 462 g/mol. The normalized spacial score (nSPS) is 21.2. The third kappa shape index (κ3) is 4.61. The van der Waals surface area contributed by atoms with Crippen molar-refractivity contribution in [2.75, 3.05) is 36.5 Å². The molecule has 0 bridgehead atoms. The fourth-order valence-corrected chi connectivity index (χ4v) is 4.86. The van der Waals surface area contributed by atoms with Crippen LogP contribution in [0.1, 0.15) is 31.4 Å². The highest BCUT2D eigenvalue weighted by atomic mass is 19.4. The van der Waals surface area contributed by atoms with Gasteiger partial charge in [-0.1, -0.05) is 19.1 Å². The molecule has 178 valence electrons. The first kappa shape index (κ1) is 23.3. The van der Waals surface area contributed by atoms with E-state index in [0.717, 1.165) is 29.6 Å². The van der Waals surface area contributed by atoms with Crippen molar-refractivity contribution in [3.05, 3.63) is 53.6 Å².